The third kappa shape index (κ3) is 3.97. The largest absolute Gasteiger partial charge is 0.263 e. The van der Waals surface area contributed by atoms with Crippen molar-refractivity contribution in [2.45, 2.75) is 93.5 Å². The molecule has 6 rings (SSSR count). The number of nitrogens with zero attached hydrogens (tertiary/aromatic N) is 4. The van der Waals surface area contributed by atoms with Gasteiger partial charge in [0.25, 0.3) is 0 Å². The lowest BCUT2D eigenvalue weighted by Crippen LogP contribution is -2.41. The lowest BCUT2D eigenvalue weighted by Gasteiger charge is -2.46. The lowest BCUT2D eigenvalue weighted by atomic mass is 9.59. The van der Waals surface area contributed by atoms with Crippen LogP contribution in [-0.4, -0.2) is 60.6 Å². The zero-order chi connectivity index (χ0) is 26.2. The maximum absolute atomic E-state index is 13.8. The van der Waals surface area contributed by atoms with Crippen LogP contribution in [0.3, 0.4) is 0 Å². The molecule has 0 amide bonds. The number of hydrogen-bond acceptors (Lipinski definition) is 6. The average molecular weight is 545 g/mol. The second-order valence-electron chi connectivity index (χ2n) is 12.2. The molecule has 37 heavy (non-hydrogen) atoms. The normalized spacial score (nSPS) is 32.0. The molecule has 2 spiro atoms. The Morgan fingerprint density at radius 2 is 1.49 bits per heavy atom. The van der Waals surface area contributed by atoms with Crippen LogP contribution in [0, 0.1) is 17.8 Å². The summed E-state index contributed by atoms with van der Waals surface area (Å²) in [6.07, 6.45) is 13.2. The molecule has 200 valence electrons. The first-order valence-corrected chi connectivity index (χ1v) is 16.2. The molecule has 0 N–H and O–H groups in total. The standard InChI is InChI=1S/C27H36N4O4S2/c1-19-10-26(7-5-8-26)17-31(19)37(34,35)25-16-29-15-24(21(25)3)22-12-27(13-22)11-20(2)30(18-27)36(32,33)23-6-4-9-28-14-23/h4,6,9,14-16,19-20,22H,5,7-8,10-13,17-18H2,1-3H3. The Balaban J connectivity index is 1.20. The van der Waals surface area contributed by atoms with E-state index in [1.165, 1.54) is 18.8 Å². The highest BCUT2D eigenvalue weighted by Gasteiger charge is 2.55. The molecule has 4 fully saturated rings. The Labute approximate surface area is 220 Å². The minimum atomic E-state index is -3.62. The summed E-state index contributed by atoms with van der Waals surface area (Å²) < 4.78 is 57.4. The molecule has 4 heterocycles. The van der Waals surface area contributed by atoms with Crippen LogP contribution in [0.5, 0.6) is 0 Å². The first kappa shape index (κ1) is 25.4. The first-order chi connectivity index (χ1) is 17.5. The molecule has 0 bridgehead atoms. The van der Waals surface area contributed by atoms with E-state index in [0.717, 1.165) is 49.7 Å². The van der Waals surface area contributed by atoms with Crippen molar-refractivity contribution in [3.63, 3.8) is 0 Å². The van der Waals surface area contributed by atoms with Crippen LogP contribution in [0.1, 0.15) is 75.8 Å². The third-order valence-corrected chi connectivity index (χ3v) is 13.7. The Bertz CT molecular complexity index is 1420. The predicted octanol–water partition coefficient (Wildman–Crippen LogP) is 4.09. The van der Waals surface area contributed by atoms with Crippen LogP contribution in [0.15, 0.2) is 46.7 Å². The fraction of sp³-hybridized carbons (Fsp3) is 0.630. The third-order valence-electron chi connectivity index (χ3n) is 9.67. The van der Waals surface area contributed by atoms with Crippen molar-refractivity contribution in [2.24, 2.45) is 10.8 Å². The second kappa shape index (κ2) is 8.56. The molecule has 0 aromatic carbocycles. The summed E-state index contributed by atoms with van der Waals surface area (Å²) in [4.78, 5) is 8.94. The molecule has 2 saturated carbocycles. The van der Waals surface area contributed by atoms with Gasteiger partial charge in [0.2, 0.25) is 20.0 Å². The molecular formula is C27H36N4O4S2. The van der Waals surface area contributed by atoms with Gasteiger partial charge in [-0.2, -0.15) is 8.61 Å². The van der Waals surface area contributed by atoms with Gasteiger partial charge in [-0.3, -0.25) is 9.97 Å². The fourth-order valence-corrected chi connectivity index (χ4v) is 11.3. The summed E-state index contributed by atoms with van der Waals surface area (Å²) in [5, 5.41) is 0. The molecule has 2 aromatic heterocycles. The van der Waals surface area contributed by atoms with Gasteiger partial charge in [0.15, 0.2) is 0 Å². The number of rotatable bonds is 5. The van der Waals surface area contributed by atoms with Gasteiger partial charge < -0.3 is 0 Å². The van der Waals surface area contributed by atoms with Crippen molar-refractivity contribution in [3.05, 3.63) is 48.0 Å². The number of sulfonamides is 2. The van der Waals surface area contributed by atoms with Gasteiger partial charge in [-0.05, 0) is 99.3 Å². The first-order valence-electron chi connectivity index (χ1n) is 13.3. The average Bonchev–Trinajstić information content (AvgIpc) is 3.37. The van der Waals surface area contributed by atoms with Gasteiger partial charge in [-0.15, -0.1) is 0 Å². The molecule has 2 saturated heterocycles. The zero-order valence-corrected chi connectivity index (χ0v) is 23.4. The van der Waals surface area contributed by atoms with Crippen LogP contribution in [0.4, 0.5) is 0 Å². The molecular weight excluding hydrogens is 508 g/mol. The summed E-state index contributed by atoms with van der Waals surface area (Å²) in [6, 6.07) is 3.16. The molecule has 2 aliphatic carbocycles. The van der Waals surface area contributed by atoms with Gasteiger partial charge in [0.05, 0.1) is 0 Å². The maximum atomic E-state index is 13.8. The number of hydrogen-bond donors (Lipinski definition) is 0. The maximum Gasteiger partial charge on any atom is 0.245 e. The number of aromatic nitrogens is 2. The van der Waals surface area contributed by atoms with Gasteiger partial charge >= 0.3 is 0 Å². The van der Waals surface area contributed by atoms with Crippen molar-refractivity contribution in [1.29, 1.82) is 0 Å². The quantitative estimate of drug-likeness (QED) is 0.562. The summed E-state index contributed by atoms with van der Waals surface area (Å²) in [5.74, 6) is 0.185. The molecule has 2 aromatic rings. The Morgan fingerprint density at radius 3 is 2.08 bits per heavy atom. The van der Waals surface area contributed by atoms with Crippen molar-refractivity contribution in [2.75, 3.05) is 13.1 Å². The Hall–Kier alpha value is -1.88. The van der Waals surface area contributed by atoms with Crippen LogP contribution in [0.25, 0.3) is 0 Å². The Morgan fingerprint density at radius 1 is 0.838 bits per heavy atom. The summed E-state index contributed by atoms with van der Waals surface area (Å²) in [7, 11) is -7.22. The molecule has 2 aliphatic heterocycles. The molecule has 8 nitrogen and oxygen atoms in total. The topological polar surface area (TPSA) is 101 Å². The molecule has 4 aliphatic rings. The van der Waals surface area contributed by atoms with E-state index in [0.29, 0.717) is 18.0 Å². The van der Waals surface area contributed by atoms with Crippen molar-refractivity contribution < 1.29 is 16.8 Å². The van der Waals surface area contributed by atoms with Crippen LogP contribution in [-0.2, 0) is 20.0 Å². The second-order valence-corrected chi connectivity index (χ2v) is 16.0. The van der Waals surface area contributed by atoms with Gasteiger partial charge in [-0.1, -0.05) is 6.42 Å². The minimum Gasteiger partial charge on any atom is -0.263 e. The van der Waals surface area contributed by atoms with Crippen LogP contribution in [0.2, 0.25) is 0 Å². The van der Waals surface area contributed by atoms with E-state index < -0.39 is 20.0 Å². The molecule has 2 atom stereocenters. The van der Waals surface area contributed by atoms with E-state index in [4.69, 9.17) is 0 Å². The molecule has 0 radical (unpaired) electrons. The highest BCUT2D eigenvalue weighted by Crippen LogP contribution is 2.59. The van der Waals surface area contributed by atoms with Crippen LogP contribution >= 0.6 is 0 Å². The van der Waals surface area contributed by atoms with Gasteiger partial charge in [-0.25, -0.2) is 16.8 Å². The van der Waals surface area contributed by atoms with E-state index in [9.17, 15) is 16.8 Å². The van der Waals surface area contributed by atoms with Crippen molar-refractivity contribution in [1.82, 2.24) is 18.6 Å². The fourth-order valence-electron chi connectivity index (χ4n) is 7.70. The van der Waals surface area contributed by atoms with E-state index in [-0.39, 0.29) is 33.7 Å². The summed E-state index contributed by atoms with van der Waals surface area (Å²) >= 11 is 0. The van der Waals surface area contributed by atoms with Crippen molar-refractivity contribution >= 4 is 20.0 Å². The van der Waals surface area contributed by atoms with Gasteiger partial charge in [0.1, 0.15) is 9.79 Å². The Kier molecular flexibility index (Phi) is 5.88. The summed E-state index contributed by atoms with van der Waals surface area (Å²) in [5.41, 5.74) is 1.87. The van der Waals surface area contributed by atoms with E-state index in [1.54, 1.807) is 26.9 Å². The zero-order valence-electron chi connectivity index (χ0n) is 21.8. The highest BCUT2D eigenvalue weighted by atomic mass is 32.2. The van der Waals surface area contributed by atoms with E-state index >= 15 is 0 Å². The van der Waals surface area contributed by atoms with E-state index in [2.05, 4.69) is 9.97 Å². The molecule has 10 heteroatoms. The smallest absolute Gasteiger partial charge is 0.245 e. The number of pyridine rings is 2. The molecule has 2 unspecified atom stereocenters. The van der Waals surface area contributed by atoms with Crippen LogP contribution < -0.4 is 0 Å². The predicted molar refractivity (Wildman–Crippen MR) is 140 cm³/mol. The van der Waals surface area contributed by atoms with Gasteiger partial charge in [0, 0.05) is 50.0 Å². The summed E-state index contributed by atoms with van der Waals surface area (Å²) in [6.45, 7) is 7.01. The minimum absolute atomic E-state index is 0.00745. The highest BCUT2D eigenvalue weighted by molar-refractivity contribution is 7.89. The van der Waals surface area contributed by atoms with Crippen molar-refractivity contribution in [3.8, 4) is 0 Å². The lowest BCUT2D eigenvalue weighted by molar-refractivity contribution is 0.118. The SMILES string of the molecule is Cc1c(C2CC3(C2)CC(C)N(S(=O)(=O)c2cccnc2)C3)cncc1S(=O)(=O)N1CC2(CCC2)CC1C. The monoisotopic (exact) mass is 544 g/mol. The van der Waals surface area contributed by atoms with E-state index in [1.807, 2.05) is 27.0 Å².